The summed E-state index contributed by atoms with van der Waals surface area (Å²) >= 11 is 3.29. The summed E-state index contributed by atoms with van der Waals surface area (Å²) in [6, 6.07) is 20.0. The van der Waals surface area contributed by atoms with E-state index in [0.717, 1.165) is 10.0 Å². The lowest BCUT2D eigenvalue weighted by molar-refractivity contribution is -0.117. The van der Waals surface area contributed by atoms with Gasteiger partial charge in [0.1, 0.15) is 6.04 Å². The van der Waals surface area contributed by atoms with Gasteiger partial charge < -0.3 is 10.2 Å². The number of benzene rings is 3. The fraction of sp³-hybridized carbons (Fsp3) is 0.269. The first kappa shape index (κ1) is 28.4. The van der Waals surface area contributed by atoms with E-state index >= 15 is 0 Å². The number of carbonyl (C=O) groups is 1. The molecule has 0 radical (unpaired) electrons. The molecule has 12 heteroatoms. The van der Waals surface area contributed by atoms with Crippen LogP contribution in [0.15, 0.2) is 93.1 Å². The van der Waals surface area contributed by atoms with Crippen LogP contribution in [0.5, 0.6) is 0 Å². The van der Waals surface area contributed by atoms with Crippen LogP contribution in [0.3, 0.4) is 0 Å². The summed E-state index contributed by atoms with van der Waals surface area (Å²) in [5, 5.41) is 2.72. The monoisotopic (exact) mass is 620 g/mol. The van der Waals surface area contributed by atoms with Crippen molar-refractivity contribution in [2.75, 3.05) is 38.5 Å². The van der Waals surface area contributed by atoms with Crippen LogP contribution in [0.2, 0.25) is 0 Å². The van der Waals surface area contributed by atoms with Crippen LogP contribution in [-0.2, 0) is 31.3 Å². The number of piperazine rings is 1. The van der Waals surface area contributed by atoms with Gasteiger partial charge in [0.05, 0.1) is 9.79 Å². The second-order valence-corrected chi connectivity index (χ2v) is 13.6. The molecule has 4 rings (SSSR count). The average Bonchev–Trinajstić information content (AvgIpc) is 2.89. The van der Waals surface area contributed by atoms with Crippen molar-refractivity contribution >= 4 is 47.6 Å². The molecular weight excluding hydrogens is 592 g/mol. The zero-order chi connectivity index (χ0) is 27.3. The quantitative estimate of drug-likeness (QED) is 0.380. The smallest absolute Gasteiger partial charge is 0.243 e. The van der Waals surface area contributed by atoms with Crippen LogP contribution in [0.25, 0.3) is 0 Å². The zero-order valence-corrected chi connectivity index (χ0v) is 24.0. The lowest BCUT2D eigenvalue weighted by atomic mass is 10.1. The largest absolute Gasteiger partial charge is 0.325 e. The van der Waals surface area contributed by atoms with Crippen molar-refractivity contribution in [1.82, 2.24) is 13.9 Å². The highest BCUT2D eigenvalue weighted by Gasteiger charge is 2.28. The van der Waals surface area contributed by atoms with E-state index in [1.54, 1.807) is 12.1 Å². The molecule has 0 bridgehead atoms. The molecule has 2 N–H and O–H groups in total. The Labute approximate surface area is 232 Å². The van der Waals surface area contributed by atoms with E-state index in [2.05, 4.69) is 30.9 Å². The van der Waals surface area contributed by atoms with Crippen molar-refractivity contribution in [1.29, 1.82) is 0 Å². The van der Waals surface area contributed by atoms with E-state index in [0.29, 0.717) is 31.9 Å². The van der Waals surface area contributed by atoms with E-state index in [1.165, 1.54) is 40.7 Å². The van der Waals surface area contributed by atoms with E-state index in [9.17, 15) is 21.6 Å². The van der Waals surface area contributed by atoms with Crippen LogP contribution >= 0.6 is 15.9 Å². The summed E-state index contributed by atoms with van der Waals surface area (Å²) in [7, 11) is -5.69. The molecule has 1 aliphatic heterocycles. The summed E-state index contributed by atoms with van der Waals surface area (Å²) in [5.41, 5.74) is 1.13. The lowest BCUT2D eigenvalue weighted by Crippen LogP contribution is -2.47. The van der Waals surface area contributed by atoms with Gasteiger partial charge in [-0.05, 0) is 67.6 Å². The van der Waals surface area contributed by atoms with Gasteiger partial charge in [-0.2, -0.15) is 9.03 Å². The molecule has 1 atom stereocenters. The molecule has 0 aliphatic carbocycles. The van der Waals surface area contributed by atoms with Crippen LogP contribution in [0, 0.1) is 0 Å². The highest BCUT2D eigenvalue weighted by Crippen LogP contribution is 2.21. The molecule has 1 aliphatic rings. The first-order valence-electron chi connectivity index (χ1n) is 12.0. The minimum absolute atomic E-state index is 0.0324. The van der Waals surface area contributed by atoms with Crippen LogP contribution < -0.4 is 10.0 Å². The SMILES string of the molecule is CN1CCN(S(=O)(=O)c2ccc(NC(=O)[C@H](Cc3ccccc3)NS(=O)(=O)c3ccc(Br)cc3)cc2)CC1. The van der Waals surface area contributed by atoms with Gasteiger partial charge in [-0.15, -0.1) is 0 Å². The second kappa shape index (κ2) is 12.1. The molecule has 0 saturated carbocycles. The Morgan fingerprint density at radius 1 is 0.842 bits per heavy atom. The maximum Gasteiger partial charge on any atom is 0.243 e. The molecule has 1 saturated heterocycles. The molecule has 0 unspecified atom stereocenters. The van der Waals surface area contributed by atoms with Gasteiger partial charge in [-0.25, -0.2) is 16.8 Å². The summed E-state index contributed by atoms with van der Waals surface area (Å²) in [4.78, 5) is 15.5. The number of sulfonamides is 2. The van der Waals surface area contributed by atoms with Crippen molar-refractivity contribution in [2.45, 2.75) is 22.3 Å². The van der Waals surface area contributed by atoms with Crippen LogP contribution in [0.1, 0.15) is 5.56 Å². The van der Waals surface area contributed by atoms with Crippen molar-refractivity contribution in [3.8, 4) is 0 Å². The summed E-state index contributed by atoms with van der Waals surface area (Å²) in [6.07, 6.45) is 0.123. The van der Waals surface area contributed by atoms with E-state index in [-0.39, 0.29) is 16.2 Å². The normalized spacial score (nSPS) is 16.2. The van der Waals surface area contributed by atoms with Gasteiger partial charge in [0.2, 0.25) is 26.0 Å². The third-order valence-corrected chi connectivity index (χ3v) is 10.2. The summed E-state index contributed by atoms with van der Waals surface area (Å²) in [6.45, 7) is 2.15. The molecule has 0 aromatic heterocycles. The number of amides is 1. The number of hydrogen-bond acceptors (Lipinski definition) is 6. The minimum Gasteiger partial charge on any atom is -0.325 e. The highest BCUT2D eigenvalue weighted by molar-refractivity contribution is 9.10. The highest BCUT2D eigenvalue weighted by atomic mass is 79.9. The molecule has 0 spiro atoms. The van der Waals surface area contributed by atoms with Crippen molar-refractivity contribution in [2.24, 2.45) is 0 Å². The van der Waals surface area contributed by atoms with Gasteiger partial charge in [0.15, 0.2) is 0 Å². The summed E-state index contributed by atoms with van der Waals surface area (Å²) in [5.74, 6) is -0.566. The summed E-state index contributed by atoms with van der Waals surface area (Å²) < 4.78 is 56.8. The Kier molecular flexibility index (Phi) is 9.01. The molecule has 3 aromatic carbocycles. The number of nitrogens with zero attached hydrogens (tertiary/aromatic N) is 2. The maximum atomic E-state index is 13.3. The van der Waals surface area contributed by atoms with Crippen molar-refractivity contribution in [3.05, 3.63) is 88.9 Å². The number of rotatable bonds is 9. The number of hydrogen-bond donors (Lipinski definition) is 2. The Balaban J connectivity index is 1.51. The molecule has 1 fully saturated rings. The Bertz CT molecular complexity index is 1460. The maximum absolute atomic E-state index is 13.3. The van der Waals surface area contributed by atoms with Gasteiger partial charge in [-0.3, -0.25) is 4.79 Å². The minimum atomic E-state index is -4.00. The van der Waals surface area contributed by atoms with Gasteiger partial charge in [-0.1, -0.05) is 46.3 Å². The predicted octanol–water partition coefficient (Wildman–Crippen LogP) is 2.91. The predicted molar refractivity (Wildman–Crippen MR) is 150 cm³/mol. The third-order valence-electron chi connectivity index (χ3n) is 6.24. The van der Waals surface area contributed by atoms with Crippen LogP contribution in [-0.4, -0.2) is 71.2 Å². The molecule has 9 nitrogen and oxygen atoms in total. The Hall–Kier alpha value is -2.61. The number of nitrogens with one attached hydrogen (secondary N) is 2. The van der Waals surface area contributed by atoms with Gasteiger partial charge >= 0.3 is 0 Å². The standard InChI is InChI=1S/C26H29BrN4O5S2/c1-30-15-17-31(18-16-30)38(35,36)24-13-9-22(10-14-24)28-26(32)25(19-20-5-3-2-4-6-20)29-37(33,34)23-11-7-21(27)8-12-23/h2-14,25,29H,15-19H2,1H3,(H,28,32)/t25-/m0/s1. The topological polar surface area (TPSA) is 116 Å². The fourth-order valence-corrected chi connectivity index (χ4v) is 6.91. The van der Waals surface area contributed by atoms with Crippen molar-refractivity contribution in [3.63, 3.8) is 0 Å². The first-order valence-corrected chi connectivity index (χ1v) is 15.7. The van der Waals surface area contributed by atoms with E-state index in [4.69, 9.17) is 0 Å². The molecule has 1 amide bonds. The molecule has 3 aromatic rings. The molecular formula is C26H29BrN4O5S2. The number of carbonyl (C=O) groups excluding carboxylic acids is 1. The fourth-order valence-electron chi connectivity index (χ4n) is 4.02. The van der Waals surface area contributed by atoms with Crippen LogP contribution in [0.4, 0.5) is 5.69 Å². The van der Waals surface area contributed by atoms with E-state index < -0.39 is 32.0 Å². The molecule has 38 heavy (non-hydrogen) atoms. The Morgan fingerprint density at radius 2 is 1.42 bits per heavy atom. The average molecular weight is 622 g/mol. The second-order valence-electron chi connectivity index (χ2n) is 9.04. The van der Waals surface area contributed by atoms with E-state index in [1.807, 2.05) is 37.4 Å². The van der Waals surface area contributed by atoms with Gasteiger partial charge in [0.25, 0.3) is 0 Å². The lowest BCUT2D eigenvalue weighted by Gasteiger charge is -2.31. The van der Waals surface area contributed by atoms with Crippen molar-refractivity contribution < 1.29 is 21.6 Å². The number of anilines is 1. The van der Waals surface area contributed by atoms with Gasteiger partial charge in [0, 0.05) is 36.3 Å². The zero-order valence-electron chi connectivity index (χ0n) is 20.7. The first-order chi connectivity index (χ1) is 18.0. The number of halogens is 1. The third kappa shape index (κ3) is 7.07. The molecule has 202 valence electrons. The Morgan fingerprint density at radius 3 is 2.03 bits per heavy atom. The molecule has 1 heterocycles. The number of likely N-dealkylation sites (N-methyl/N-ethyl adjacent to an activating group) is 1.